The number of aromatic nitrogens is 1. The summed E-state index contributed by atoms with van der Waals surface area (Å²) in [6.45, 7) is 3.49. The van der Waals surface area contributed by atoms with Crippen molar-refractivity contribution in [3.63, 3.8) is 0 Å². The molecule has 1 amide bonds. The number of carbonyl (C=O) groups is 1. The van der Waals surface area contributed by atoms with Crippen LogP contribution >= 0.6 is 0 Å². The lowest BCUT2D eigenvalue weighted by Crippen LogP contribution is -2.23. The van der Waals surface area contributed by atoms with Crippen molar-refractivity contribution in [3.05, 3.63) is 89.5 Å². The van der Waals surface area contributed by atoms with Crippen molar-refractivity contribution in [1.29, 1.82) is 0 Å². The smallest absolute Gasteiger partial charge is 0.262 e. The van der Waals surface area contributed by atoms with Crippen LogP contribution in [-0.2, 0) is 16.6 Å². The van der Waals surface area contributed by atoms with Crippen LogP contribution in [0.5, 0.6) is 0 Å². The number of furan rings is 1. The fourth-order valence-electron chi connectivity index (χ4n) is 3.18. The minimum atomic E-state index is -4.05. The SMILES string of the molecule is Cc1occc1C(=O)NCc1nc(-c2ccccc2NS(=O)(=O)c2cccc(F)c2)oc1C. The first kappa shape index (κ1) is 22.3. The highest BCUT2D eigenvalue weighted by Gasteiger charge is 2.20. The number of benzene rings is 2. The molecule has 2 aromatic carbocycles. The van der Waals surface area contributed by atoms with E-state index < -0.39 is 15.8 Å². The van der Waals surface area contributed by atoms with Gasteiger partial charge in [0.05, 0.1) is 34.5 Å². The minimum absolute atomic E-state index is 0.107. The average Bonchev–Trinajstić information content (AvgIpc) is 3.37. The molecule has 0 bridgehead atoms. The Labute approximate surface area is 189 Å². The lowest BCUT2D eigenvalue weighted by atomic mass is 10.2. The van der Waals surface area contributed by atoms with Crippen LogP contribution in [0.2, 0.25) is 0 Å². The van der Waals surface area contributed by atoms with Gasteiger partial charge in [0.15, 0.2) is 0 Å². The fraction of sp³-hybridized carbons (Fsp3) is 0.130. The summed E-state index contributed by atoms with van der Waals surface area (Å²) in [6.07, 6.45) is 1.44. The van der Waals surface area contributed by atoms with E-state index in [1.54, 1.807) is 44.2 Å². The molecule has 10 heteroatoms. The number of nitrogens with zero attached hydrogens (tertiary/aromatic N) is 1. The molecule has 2 aromatic heterocycles. The number of para-hydroxylation sites is 1. The van der Waals surface area contributed by atoms with Gasteiger partial charge in [-0.2, -0.15) is 0 Å². The lowest BCUT2D eigenvalue weighted by molar-refractivity contribution is 0.0949. The van der Waals surface area contributed by atoms with Crippen LogP contribution in [-0.4, -0.2) is 19.3 Å². The van der Waals surface area contributed by atoms with Crippen molar-refractivity contribution in [2.75, 3.05) is 4.72 Å². The maximum Gasteiger partial charge on any atom is 0.262 e. The zero-order valence-corrected chi connectivity index (χ0v) is 18.6. The summed E-state index contributed by atoms with van der Waals surface area (Å²) in [5, 5.41) is 2.76. The molecule has 2 heterocycles. The first-order valence-electron chi connectivity index (χ1n) is 9.91. The van der Waals surface area contributed by atoms with Crippen molar-refractivity contribution >= 4 is 21.6 Å². The molecule has 0 aliphatic carbocycles. The highest BCUT2D eigenvalue weighted by atomic mass is 32.2. The van der Waals surface area contributed by atoms with Crippen LogP contribution in [0.3, 0.4) is 0 Å². The lowest BCUT2D eigenvalue weighted by Gasteiger charge is -2.11. The molecule has 4 rings (SSSR count). The Kier molecular flexibility index (Phi) is 6.01. The molecule has 0 unspecified atom stereocenters. The van der Waals surface area contributed by atoms with Gasteiger partial charge in [-0.15, -0.1) is 0 Å². The maximum absolute atomic E-state index is 13.5. The molecule has 33 heavy (non-hydrogen) atoms. The van der Waals surface area contributed by atoms with Crippen molar-refractivity contribution in [2.45, 2.75) is 25.3 Å². The summed E-state index contributed by atoms with van der Waals surface area (Å²) in [6, 6.07) is 12.8. The predicted octanol–water partition coefficient (Wildman–Crippen LogP) is 4.42. The van der Waals surface area contributed by atoms with Crippen molar-refractivity contribution < 1.29 is 26.4 Å². The quantitative estimate of drug-likeness (QED) is 0.414. The second kappa shape index (κ2) is 8.91. The van der Waals surface area contributed by atoms with Gasteiger partial charge >= 0.3 is 0 Å². The number of anilines is 1. The van der Waals surface area contributed by atoms with Crippen LogP contribution in [0.1, 0.15) is 27.6 Å². The Hall–Kier alpha value is -3.92. The molecule has 8 nitrogen and oxygen atoms in total. The second-order valence-electron chi connectivity index (χ2n) is 7.20. The number of hydrogen-bond donors (Lipinski definition) is 2. The van der Waals surface area contributed by atoms with Crippen molar-refractivity contribution in [1.82, 2.24) is 10.3 Å². The standard InChI is InChI=1S/C23H20FN3O5S/c1-14-18(10-11-31-14)22(28)25-13-21-15(2)32-23(26-21)19-8-3-4-9-20(19)27-33(29,30)17-7-5-6-16(24)12-17/h3-12,27H,13H2,1-2H3,(H,25,28). The molecule has 0 atom stereocenters. The van der Waals surface area contributed by atoms with Gasteiger partial charge in [-0.25, -0.2) is 17.8 Å². The Balaban J connectivity index is 1.57. The van der Waals surface area contributed by atoms with E-state index in [0.717, 1.165) is 12.1 Å². The Bertz CT molecular complexity index is 1430. The van der Waals surface area contributed by atoms with E-state index in [2.05, 4.69) is 15.0 Å². The molecule has 0 spiro atoms. The molecular weight excluding hydrogens is 449 g/mol. The van der Waals surface area contributed by atoms with E-state index in [-0.39, 0.29) is 28.9 Å². The molecular formula is C23H20FN3O5S. The zero-order valence-electron chi connectivity index (χ0n) is 17.8. The van der Waals surface area contributed by atoms with Crippen LogP contribution in [0.25, 0.3) is 11.5 Å². The third-order valence-electron chi connectivity index (χ3n) is 4.92. The van der Waals surface area contributed by atoms with Crippen molar-refractivity contribution in [2.24, 2.45) is 0 Å². The molecule has 0 saturated carbocycles. The molecule has 0 aliphatic rings. The number of hydrogen-bond acceptors (Lipinski definition) is 6. The number of halogens is 1. The first-order chi connectivity index (χ1) is 15.7. The van der Waals surface area contributed by atoms with Crippen molar-refractivity contribution in [3.8, 4) is 11.5 Å². The van der Waals surface area contributed by atoms with E-state index >= 15 is 0 Å². The Morgan fingerprint density at radius 3 is 2.58 bits per heavy atom. The van der Waals surface area contributed by atoms with E-state index in [1.165, 1.54) is 18.4 Å². The normalized spacial score (nSPS) is 11.4. The van der Waals surface area contributed by atoms with Gasteiger partial charge in [0, 0.05) is 0 Å². The van der Waals surface area contributed by atoms with E-state index in [4.69, 9.17) is 8.83 Å². The summed E-state index contributed by atoms with van der Waals surface area (Å²) in [5.74, 6) is 0.176. The molecule has 0 aliphatic heterocycles. The van der Waals surface area contributed by atoms with Crippen LogP contribution in [0.4, 0.5) is 10.1 Å². The molecule has 0 saturated heterocycles. The molecule has 0 fully saturated rings. The van der Waals surface area contributed by atoms with Gasteiger partial charge in [-0.05, 0) is 50.2 Å². The monoisotopic (exact) mass is 469 g/mol. The number of nitrogens with one attached hydrogen (secondary N) is 2. The van der Waals surface area contributed by atoms with Crippen LogP contribution in [0, 0.1) is 19.7 Å². The molecule has 0 radical (unpaired) electrons. The Morgan fingerprint density at radius 2 is 1.85 bits per heavy atom. The van der Waals surface area contributed by atoms with Gasteiger partial charge in [0.1, 0.15) is 23.0 Å². The van der Waals surface area contributed by atoms with E-state index in [9.17, 15) is 17.6 Å². The summed E-state index contributed by atoms with van der Waals surface area (Å²) in [5.41, 5.74) is 1.52. The summed E-state index contributed by atoms with van der Waals surface area (Å²) < 4.78 is 52.4. The maximum atomic E-state index is 13.5. The van der Waals surface area contributed by atoms with Gasteiger partial charge in [-0.1, -0.05) is 18.2 Å². The number of amides is 1. The summed E-state index contributed by atoms with van der Waals surface area (Å²) in [7, 11) is -4.05. The molecule has 4 aromatic rings. The second-order valence-corrected chi connectivity index (χ2v) is 8.89. The number of aryl methyl sites for hydroxylation is 2. The topological polar surface area (TPSA) is 114 Å². The van der Waals surface area contributed by atoms with Gasteiger partial charge in [-0.3, -0.25) is 9.52 Å². The van der Waals surface area contributed by atoms with Gasteiger partial charge in [0.2, 0.25) is 5.89 Å². The predicted molar refractivity (Wildman–Crippen MR) is 118 cm³/mol. The average molecular weight is 469 g/mol. The van der Waals surface area contributed by atoms with Crippen LogP contribution in [0.15, 0.2) is 74.6 Å². The Morgan fingerprint density at radius 1 is 1.06 bits per heavy atom. The number of carbonyl (C=O) groups excluding carboxylic acids is 1. The van der Waals surface area contributed by atoms with Gasteiger partial charge in [0.25, 0.3) is 15.9 Å². The third kappa shape index (κ3) is 4.80. The highest BCUT2D eigenvalue weighted by molar-refractivity contribution is 7.92. The third-order valence-corrected chi connectivity index (χ3v) is 6.28. The summed E-state index contributed by atoms with van der Waals surface area (Å²) >= 11 is 0. The molecule has 170 valence electrons. The summed E-state index contributed by atoms with van der Waals surface area (Å²) in [4.78, 5) is 16.5. The van der Waals surface area contributed by atoms with E-state index in [1.807, 2.05) is 0 Å². The number of sulfonamides is 1. The number of oxazole rings is 1. The fourth-order valence-corrected chi connectivity index (χ4v) is 4.29. The largest absolute Gasteiger partial charge is 0.469 e. The van der Waals surface area contributed by atoms with Gasteiger partial charge < -0.3 is 14.2 Å². The van der Waals surface area contributed by atoms with Crippen LogP contribution < -0.4 is 10.0 Å². The first-order valence-corrected chi connectivity index (χ1v) is 11.4. The zero-order chi connectivity index (χ0) is 23.6. The van der Waals surface area contributed by atoms with E-state index in [0.29, 0.717) is 28.3 Å². The number of rotatable bonds is 7. The minimum Gasteiger partial charge on any atom is -0.469 e. The highest BCUT2D eigenvalue weighted by Crippen LogP contribution is 2.30. The molecule has 2 N–H and O–H groups in total.